The van der Waals surface area contributed by atoms with Crippen LogP contribution in [0, 0.1) is 0 Å². The highest BCUT2D eigenvalue weighted by molar-refractivity contribution is 6.67. The minimum atomic E-state index is -1.98. The molecule has 0 aliphatic carbocycles. The molecule has 0 unspecified atom stereocenters. The summed E-state index contributed by atoms with van der Waals surface area (Å²) in [4.78, 5) is 11.8. The molecule has 0 bridgehead atoms. The van der Waals surface area contributed by atoms with Crippen LogP contribution in [-0.2, 0) is 8.85 Å². The van der Waals surface area contributed by atoms with E-state index in [1.807, 2.05) is 0 Å². The quantitative estimate of drug-likeness (QED) is 0.529. The summed E-state index contributed by atoms with van der Waals surface area (Å²) >= 11 is 0. The van der Waals surface area contributed by atoms with Crippen molar-refractivity contribution >= 4 is 14.7 Å². The second-order valence-electron chi connectivity index (χ2n) is 3.83. The van der Waals surface area contributed by atoms with Crippen molar-refractivity contribution in [2.75, 3.05) is 27.8 Å². The van der Waals surface area contributed by atoms with Crippen molar-refractivity contribution < 1.29 is 18.8 Å². The van der Waals surface area contributed by atoms with Crippen molar-refractivity contribution in [3.05, 3.63) is 0 Å². The third kappa shape index (κ3) is 4.96. The number of rotatable bonds is 8. The van der Waals surface area contributed by atoms with Gasteiger partial charge in [-0.1, -0.05) is 6.92 Å². The summed E-state index contributed by atoms with van der Waals surface area (Å²) in [6.07, 6.45) is 0.918. The Bertz CT molecular complexity index is 201. The maximum atomic E-state index is 10.5. The summed E-state index contributed by atoms with van der Waals surface area (Å²) in [5, 5.41) is 8.66. The second-order valence-corrected chi connectivity index (χ2v) is 7.68. The zero-order chi connectivity index (χ0) is 12.6. The summed E-state index contributed by atoms with van der Waals surface area (Å²) in [5.41, 5.74) is 0. The molecule has 0 saturated heterocycles. The van der Waals surface area contributed by atoms with E-state index in [0.29, 0.717) is 6.54 Å². The van der Waals surface area contributed by atoms with E-state index in [1.165, 1.54) is 4.90 Å². The Hall–Kier alpha value is -0.593. The molecule has 5 nitrogen and oxygen atoms in total. The highest BCUT2D eigenvalue weighted by Gasteiger charge is 2.32. The predicted octanol–water partition coefficient (Wildman–Crippen LogP) is 2.13. The second kappa shape index (κ2) is 7.64. The van der Waals surface area contributed by atoms with Gasteiger partial charge in [0.1, 0.15) is 0 Å². The topological polar surface area (TPSA) is 59.0 Å². The van der Waals surface area contributed by atoms with E-state index in [-0.39, 0.29) is 0 Å². The Morgan fingerprint density at radius 3 is 2.25 bits per heavy atom. The lowest BCUT2D eigenvalue weighted by Gasteiger charge is -2.26. The number of unbranched alkanes of at least 4 members (excludes halogenated alkanes) is 1. The highest BCUT2D eigenvalue weighted by Crippen LogP contribution is 2.19. The van der Waals surface area contributed by atoms with E-state index in [2.05, 4.69) is 6.92 Å². The zero-order valence-corrected chi connectivity index (χ0v) is 11.7. The molecule has 96 valence electrons. The van der Waals surface area contributed by atoms with Crippen LogP contribution in [0.5, 0.6) is 0 Å². The Kier molecular flexibility index (Phi) is 7.36. The van der Waals surface area contributed by atoms with Gasteiger partial charge in [0, 0.05) is 27.8 Å². The van der Waals surface area contributed by atoms with Crippen molar-refractivity contribution in [2.24, 2.45) is 0 Å². The molecule has 0 spiro atoms. The van der Waals surface area contributed by atoms with Crippen LogP contribution in [0.25, 0.3) is 0 Å². The first kappa shape index (κ1) is 15.4. The van der Waals surface area contributed by atoms with Gasteiger partial charge in [0.15, 0.2) is 0 Å². The molecular formula is C10H23NO4Si. The van der Waals surface area contributed by atoms with E-state index in [1.54, 1.807) is 21.3 Å². The molecule has 1 amide bonds. The van der Waals surface area contributed by atoms with E-state index in [9.17, 15) is 4.79 Å². The summed E-state index contributed by atoms with van der Waals surface area (Å²) in [7, 11) is 2.99. The van der Waals surface area contributed by atoms with Gasteiger partial charge < -0.3 is 18.9 Å². The van der Waals surface area contributed by atoms with Crippen LogP contribution in [0.4, 0.5) is 4.79 Å². The fourth-order valence-corrected chi connectivity index (χ4v) is 3.89. The van der Waals surface area contributed by atoms with Crippen LogP contribution >= 0.6 is 0 Å². The third-order valence-corrected chi connectivity index (χ3v) is 6.59. The first-order valence-electron chi connectivity index (χ1n) is 5.55. The minimum Gasteiger partial charge on any atom is -0.465 e. The van der Waals surface area contributed by atoms with Gasteiger partial charge in [0.05, 0.1) is 0 Å². The van der Waals surface area contributed by atoms with Crippen molar-refractivity contribution in [1.82, 2.24) is 4.90 Å². The average molecular weight is 249 g/mol. The van der Waals surface area contributed by atoms with Crippen LogP contribution < -0.4 is 0 Å². The highest BCUT2D eigenvalue weighted by atomic mass is 28.4. The van der Waals surface area contributed by atoms with Gasteiger partial charge in [-0.3, -0.25) is 0 Å². The van der Waals surface area contributed by atoms with Gasteiger partial charge in [-0.05, 0) is 24.9 Å². The van der Waals surface area contributed by atoms with Crippen LogP contribution in [0.3, 0.4) is 0 Å². The molecule has 0 fully saturated rings. The van der Waals surface area contributed by atoms with Crippen LogP contribution in [0.1, 0.15) is 19.8 Å². The van der Waals surface area contributed by atoms with E-state index >= 15 is 0 Å². The summed E-state index contributed by atoms with van der Waals surface area (Å²) < 4.78 is 11.0. The predicted molar refractivity (Wildman–Crippen MR) is 64.9 cm³/mol. The van der Waals surface area contributed by atoms with Crippen LogP contribution in [0.2, 0.25) is 12.1 Å². The smallest absolute Gasteiger partial charge is 0.407 e. The summed E-state index contributed by atoms with van der Waals surface area (Å²) in [6, 6.07) is 1.85. The van der Waals surface area contributed by atoms with Gasteiger partial charge in [0.25, 0.3) is 0 Å². The molecular weight excluding hydrogens is 226 g/mol. The molecule has 16 heavy (non-hydrogen) atoms. The van der Waals surface area contributed by atoms with Crippen molar-refractivity contribution in [1.29, 1.82) is 0 Å². The average Bonchev–Trinajstić information content (AvgIpc) is 2.30. The lowest BCUT2D eigenvalue weighted by molar-refractivity contribution is 0.155. The molecule has 0 atom stereocenters. The van der Waals surface area contributed by atoms with Crippen molar-refractivity contribution in [3.8, 4) is 0 Å². The molecule has 0 aromatic heterocycles. The first-order chi connectivity index (χ1) is 7.51. The van der Waals surface area contributed by atoms with Gasteiger partial charge in [-0.15, -0.1) is 0 Å². The van der Waals surface area contributed by atoms with E-state index < -0.39 is 14.7 Å². The van der Waals surface area contributed by atoms with Crippen molar-refractivity contribution in [3.63, 3.8) is 0 Å². The first-order valence-corrected chi connectivity index (χ1v) is 7.78. The maximum Gasteiger partial charge on any atom is 0.407 e. The number of nitrogens with zero attached hydrogens (tertiary/aromatic N) is 1. The van der Waals surface area contributed by atoms with Crippen molar-refractivity contribution in [2.45, 2.75) is 31.9 Å². The number of hydrogen-bond acceptors (Lipinski definition) is 3. The fraction of sp³-hybridized carbons (Fsp3) is 0.900. The molecule has 0 aromatic rings. The lowest BCUT2D eigenvalue weighted by atomic mass is 10.3. The molecule has 1 N–H and O–H groups in total. The third-order valence-electron chi connectivity index (χ3n) is 2.91. The van der Waals surface area contributed by atoms with Gasteiger partial charge in [0.2, 0.25) is 0 Å². The number of hydrogen-bond donors (Lipinski definition) is 1. The Morgan fingerprint density at radius 2 is 1.88 bits per heavy atom. The van der Waals surface area contributed by atoms with Crippen LogP contribution in [-0.4, -0.2) is 52.5 Å². The molecule has 0 aliphatic rings. The Balaban J connectivity index is 3.83. The number of amides is 1. The summed E-state index contributed by atoms with van der Waals surface area (Å²) in [5.74, 6) is 0. The van der Waals surface area contributed by atoms with Gasteiger partial charge >= 0.3 is 14.7 Å². The van der Waals surface area contributed by atoms with Gasteiger partial charge in [-0.2, -0.15) is 0 Å². The normalized spacial score (nSPS) is 11.5. The molecule has 0 aromatic carbocycles. The van der Waals surface area contributed by atoms with E-state index in [4.69, 9.17) is 14.0 Å². The molecule has 0 saturated carbocycles. The fourth-order valence-electron chi connectivity index (χ4n) is 1.59. The van der Waals surface area contributed by atoms with E-state index in [0.717, 1.165) is 24.9 Å². The molecule has 6 heteroatoms. The summed E-state index contributed by atoms with van der Waals surface area (Å²) in [6.45, 7) is 2.64. The molecule has 0 heterocycles. The van der Waals surface area contributed by atoms with Crippen LogP contribution in [0.15, 0.2) is 0 Å². The molecule has 0 aliphatic heterocycles. The SMILES string of the molecule is CC[Si](CCCCN(C)C(=O)O)(OC)OC. The maximum absolute atomic E-state index is 10.5. The monoisotopic (exact) mass is 249 g/mol. The zero-order valence-electron chi connectivity index (χ0n) is 10.7. The lowest BCUT2D eigenvalue weighted by Crippen LogP contribution is -2.39. The minimum absolute atomic E-state index is 0.566. The largest absolute Gasteiger partial charge is 0.465 e. The Morgan fingerprint density at radius 1 is 1.31 bits per heavy atom. The number of carbonyl (C=O) groups is 1. The number of carboxylic acid groups (broad SMARTS) is 1. The molecule has 0 radical (unpaired) electrons. The Labute approximate surface area is 98.6 Å². The molecule has 0 rings (SSSR count). The van der Waals surface area contributed by atoms with Gasteiger partial charge in [-0.25, -0.2) is 4.79 Å². The standard InChI is InChI=1S/C10H23NO4Si/c1-5-16(14-3,15-4)9-7-6-8-11(2)10(12)13/h5-9H2,1-4H3,(H,12,13).